The van der Waals surface area contributed by atoms with Gasteiger partial charge in [0.05, 0.1) is 11.1 Å². The number of rotatable bonds is 5. The lowest BCUT2D eigenvalue weighted by molar-refractivity contribution is -0.158. The molecule has 6 heteroatoms. The van der Waals surface area contributed by atoms with Gasteiger partial charge in [0.15, 0.2) is 0 Å². The fraction of sp³-hybridized carbons (Fsp3) is 0.550. The predicted molar refractivity (Wildman–Crippen MR) is 98.0 cm³/mol. The number of oxime groups is 1. The zero-order valence-electron chi connectivity index (χ0n) is 15.4. The molecule has 1 aromatic carbocycles. The zero-order chi connectivity index (χ0) is 18.7. The third kappa shape index (κ3) is 3.74. The largest absolute Gasteiger partial charge is 0.481 e. The topological polar surface area (TPSA) is 79.2 Å². The second-order valence-corrected chi connectivity index (χ2v) is 7.40. The van der Waals surface area contributed by atoms with E-state index in [1.165, 1.54) is 5.56 Å². The maximum absolute atomic E-state index is 12.1. The van der Waals surface area contributed by atoms with E-state index >= 15 is 0 Å². The van der Waals surface area contributed by atoms with Gasteiger partial charge in [0.25, 0.3) is 0 Å². The van der Waals surface area contributed by atoms with Gasteiger partial charge in [-0.05, 0) is 25.3 Å². The molecule has 0 spiro atoms. The lowest BCUT2D eigenvalue weighted by atomic mass is 9.74. The van der Waals surface area contributed by atoms with Crippen LogP contribution in [0.1, 0.15) is 50.2 Å². The van der Waals surface area contributed by atoms with E-state index in [0.717, 1.165) is 11.3 Å². The number of carbonyl (C=O) groups is 2. The number of carboxylic acid groups (broad SMARTS) is 1. The summed E-state index contributed by atoms with van der Waals surface area (Å²) in [6.45, 7) is 4.73. The standard InChI is InChI=1S/C20H26N2O4/c1-3-18(23)22-10-4-9-20(13-22,19(24)25)12-16-11-17(21-26-16)15-7-5-14(2)6-8-15/h5-8,16H,3-4,9-13H2,1-2H3,(H,24,25). The van der Waals surface area contributed by atoms with E-state index in [-0.39, 0.29) is 18.6 Å². The molecule has 2 heterocycles. The summed E-state index contributed by atoms with van der Waals surface area (Å²) in [6, 6.07) is 8.07. The van der Waals surface area contributed by atoms with Crippen molar-refractivity contribution in [2.24, 2.45) is 10.6 Å². The van der Waals surface area contributed by atoms with Crippen LogP contribution in [0.25, 0.3) is 0 Å². The van der Waals surface area contributed by atoms with Crippen LogP contribution >= 0.6 is 0 Å². The minimum atomic E-state index is -0.952. The number of aryl methyl sites for hydroxylation is 1. The lowest BCUT2D eigenvalue weighted by Gasteiger charge is -2.40. The maximum atomic E-state index is 12.1. The van der Waals surface area contributed by atoms with Gasteiger partial charge in [0, 0.05) is 32.4 Å². The Bertz CT molecular complexity index is 713. The van der Waals surface area contributed by atoms with Crippen LogP contribution in [0.3, 0.4) is 0 Å². The van der Waals surface area contributed by atoms with Crippen LogP contribution in [0.15, 0.2) is 29.4 Å². The molecule has 0 radical (unpaired) electrons. The van der Waals surface area contributed by atoms with Crippen molar-refractivity contribution in [2.45, 2.75) is 52.1 Å². The molecule has 2 unspecified atom stereocenters. The SMILES string of the molecule is CCC(=O)N1CCCC(CC2CC(c3ccc(C)cc3)=NO2)(C(=O)O)C1. The van der Waals surface area contributed by atoms with Gasteiger partial charge in [0.1, 0.15) is 6.10 Å². The Morgan fingerprint density at radius 2 is 2.08 bits per heavy atom. The normalized spacial score (nSPS) is 25.5. The molecular formula is C20H26N2O4. The van der Waals surface area contributed by atoms with Crippen molar-refractivity contribution in [1.29, 1.82) is 0 Å². The molecule has 2 aliphatic heterocycles. The van der Waals surface area contributed by atoms with Gasteiger partial charge in [-0.2, -0.15) is 0 Å². The van der Waals surface area contributed by atoms with Gasteiger partial charge in [-0.25, -0.2) is 0 Å². The summed E-state index contributed by atoms with van der Waals surface area (Å²) in [6.07, 6.45) is 2.37. The molecule has 1 aromatic rings. The average Bonchev–Trinajstić information content (AvgIpc) is 3.10. The Kier molecular flexibility index (Phi) is 5.30. The van der Waals surface area contributed by atoms with Crippen LogP contribution in [-0.2, 0) is 14.4 Å². The number of nitrogens with zero attached hydrogens (tertiary/aromatic N) is 2. The van der Waals surface area contributed by atoms with Gasteiger partial charge in [-0.3, -0.25) is 9.59 Å². The molecule has 0 aliphatic carbocycles. The Hall–Kier alpha value is -2.37. The molecule has 0 saturated carbocycles. The molecule has 140 valence electrons. The van der Waals surface area contributed by atoms with Crippen LogP contribution < -0.4 is 0 Å². The van der Waals surface area contributed by atoms with E-state index in [1.54, 1.807) is 11.8 Å². The number of likely N-dealkylation sites (tertiary alicyclic amines) is 1. The van der Waals surface area contributed by atoms with E-state index in [0.29, 0.717) is 38.6 Å². The fourth-order valence-corrected chi connectivity index (χ4v) is 3.89. The van der Waals surface area contributed by atoms with Crippen LogP contribution in [-0.4, -0.2) is 46.8 Å². The first kappa shape index (κ1) is 18.4. The van der Waals surface area contributed by atoms with Crippen molar-refractivity contribution in [2.75, 3.05) is 13.1 Å². The highest BCUT2D eigenvalue weighted by Crippen LogP contribution is 2.38. The molecular weight excluding hydrogens is 332 g/mol. The number of carbonyl (C=O) groups excluding carboxylic acids is 1. The predicted octanol–water partition coefficient (Wildman–Crippen LogP) is 2.98. The number of hydrogen-bond acceptors (Lipinski definition) is 4. The first-order chi connectivity index (χ1) is 12.4. The highest BCUT2D eigenvalue weighted by Gasteiger charge is 2.46. The van der Waals surface area contributed by atoms with Gasteiger partial charge in [-0.15, -0.1) is 0 Å². The third-order valence-corrected chi connectivity index (χ3v) is 5.42. The average molecular weight is 358 g/mol. The summed E-state index contributed by atoms with van der Waals surface area (Å²) in [4.78, 5) is 31.4. The maximum Gasteiger partial charge on any atom is 0.311 e. The van der Waals surface area contributed by atoms with Gasteiger partial charge in [0.2, 0.25) is 5.91 Å². The number of aliphatic carboxylic acids is 1. The first-order valence-corrected chi connectivity index (χ1v) is 9.24. The number of amides is 1. The van der Waals surface area contributed by atoms with Crippen molar-refractivity contribution in [3.05, 3.63) is 35.4 Å². The van der Waals surface area contributed by atoms with Crippen molar-refractivity contribution < 1.29 is 19.5 Å². The molecule has 0 bridgehead atoms. The monoisotopic (exact) mass is 358 g/mol. The van der Waals surface area contributed by atoms with Crippen LogP contribution in [0.2, 0.25) is 0 Å². The molecule has 3 rings (SSSR count). The van der Waals surface area contributed by atoms with E-state index in [4.69, 9.17) is 4.84 Å². The van der Waals surface area contributed by atoms with E-state index < -0.39 is 11.4 Å². The third-order valence-electron chi connectivity index (χ3n) is 5.42. The summed E-state index contributed by atoms with van der Waals surface area (Å²) < 4.78 is 0. The Labute approximate surface area is 153 Å². The number of piperidine rings is 1. The minimum Gasteiger partial charge on any atom is -0.481 e. The molecule has 1 N–H and O–H groups in total. The van der Waals surface area contributed by atoms with Gasteiger partial charge >= 0.3 is 5.97 Å². The molecule has 6 nitrogen and oxygen atoms in total. The summed E-state index contributed by atoms with van der Waals surface area (Å²) in [5.41, 5.74) is 2.09. The van der Waals surface area contributed by atoms with Crippen molar-refractivity contribution in [3.63, 3.8) is 0 Å². The minimum absolute atomic E-state index is 0.0132. The second kappa shape index (κ2) is 7.48. The first-order valence-electron chi connectivity index (χ1n) is 9.24. The smallest absolute Gasteiger partial charge is 0.311 e. The van der Waals surface area contributed by atoms with E-state index in [9.17, 15) is 14.7 Å². The fourth-order valence-electron chi connectivity index (χ4n) is 3.89. The molecule has 0 aromatic heterocycles. The molecule has 1 saturated heterocycles. The molecule has 1 amide bonds. The van der Waals surface area contributed by atoms with Gasteiger partial charge < -0.3 is 14.8 Å². The summed E-state index contributed by atoms with van der Waals surface area (Å²) in [5, 5.41) is 14.1. The van der Waals surface area contributed by atoms with E-state index in [2.05, 4.69) is 5.16 Å². The zero-order valence-corrected chi connectivity index (χ0v) is 15.4. The Morgan fingerprint density at radius 1 is 1.35 bits per heavy atom. The summed E-state index contributed by atoms with van der Waals surface area (Å²) in [5.74, 6) is -0.835. The molecule has 2 atom stereocenters. The van der Waals surface area contributed by atoms with Crippen molar-refractivity contribution in [3.8, 4) is 0 Å². The van der Waals surface area contributed by atoms with Crippen molar-refractivity contribution in [1.82, 2.24) is 4.90 Å². The van der Waals surface area contributed by atoms with E-state index in [1.807, 2.05) is 31.2 Å². The van der Waals surface area contributed by atoms with Gasteiger partial charge in [-0.1, -0.05) is 41.9 Å². The highest BCUT2D eigenvalue weighted by molar-refractivity contribution is 6.01. The van der Waals surface area contributed by atoms with Crippen LogP contribution in [0.4, 0.5) is 0 Å². The molecule has 26 heavy (non-hydrogen) atoms. The van der Waals surface area contributed by atoms with Crippen molar-refractivity contribution >= 4 is 17.6 Å². The second-order valence-electron chi connectivity index (χ2n) is 7.40. The number of benzene rings is 1. The quantitative estimate of drug-likeness (QED) is 0.877. The lowest BCUT2D eigenvalue weighted by Crippen LogP contribution is -2.51. The Balaban J connectivity index is 1.69. The number of carboxylic acids is 1. The van der Waals surface area contributed by atoms with Crippen LogP contribution in [0, 0.1) is 12.3 Å². The summed E-state index contributed by atoms with van der Waals surface area (Å²) >= 11 is 0. The summed E-state index contributed by atoms with van der Waals surface area (Å²) in [7, 11) is 0. The molecule has 1 fully saturated rings. The van der Waals surface area contributed by atoms with Crippen LogP contribution in [0.5, 0.6) is 0 Å². The molecule has 2 aliphatic rings. The number of hydrogen-bond donors (Lipinski definition) is 1. The Morgan fingerprint density at radius 3 is 2.73 bits per heavy atom. The highest BCUT2D eigenvalue weighted by atomic mass is 16.6.